The number of ether oxygens (including phenoxy) is 1. The number of carbonyl (C=O) groups is 2. The van der Waals surface area contributed by atoms with Crippen LogP contribution in [0, 0.1) is 0 Å². The maximum atomic E-state index is 13.2. The molecule has 5 nitrogen and oxygen atoms in total. The van der Waals surface area contributed by atoms with Crippen molar-refractivity contribution in [3.8, 4) is 0 Å². The molecule has 2 aliphatic rings. The second-order valence-corrected chi connectivity index (χ2v) is 8.48. The smallest absolute Gasteiger partial charge is 0.265 e. The zero-order valence-electron chi connectivity index (χ0n) is 15.8. The number of nitrogens with zero attached hydrogens (tertiary/aromatic N) is 1. The number of fused-ring (bicyclic) bond motifs is 1. The van der Waals surface area contributed by atoms with Crippen LogP contribution in [-0.4, -0.2) is 37.6 Å². The Labute approximate surface area is 179 Å². The second kappa shape index (κ2) is 9.03. The molecule has 2 aromatic carbocycles. The molecule has 2 aliphatic heterocycles. The number of hydrogen-bond acceptors (Lipinski definition) is 4. The average Bonchev–Trinajstić information content (AvgIpc) is 3.25. The first-order chi connectivity index (χ1) is 14.1. The molecule has 0 spiro atoms. The summed E-state index contributed by atoms with van der Waals surface area (Å²) in [6.45, 7) is 1.19. The zero-order valence-corrected chi connectivity index (χ0v) is 17.3. The molecule has 150 valence electrons. The molecule has 0 radical (unpaired) electrons. The van der Waals surface area contributed by atoms with Gasteiger partial charge in [-0.2, -0.15) is 0 Å². The highest BCUT2D eigenvalue weighted by atomic mass is 35.5. The highest BCUT2D eigenvalue weighted by molar-refractivity contribution is 8.04. The van der Waals surface area contributed by atoms with Crippen molar-refractivity contribution < 1.29 is 14.3 Å². The van der Waals surface area contributed by atoms with Crippen LogP contribution in [0.2, 0.25) is 5.02 Å². The standard InChI is InChI=1S/C22H21ClN2O3S/c23-16-9-7-15(8-10-16)12-20-22(27)25(18-5-1-2-6-19(18)29-20)14-21(26)24-13-17-4-3-11-28-17/h1-2,5-10,12,17H,3-4,11,13-14H2,(H,24,26)/b20-12+/t17-/m0/s1. The molecule has 0 bridgehead atoms. The Balaban J connectivity index is 1.53. The molecular formula is C22H21ClN2O3S. The Bertz CT molecular complexity index is 939. The first kappa shape index (κ1) is 20.0. The minimum atomic E-state index is -0.193. The van der Waals surface area contributed by atoms with Gasteiger partial charge in [0, 0.05) is 23.1 Å². The summed E-state index contributed by atoms with van der Waals surface area (Å²) < 4.78 is 5.55. The molecule has 2 heterocycles. The average molecular weight is 429 g/mol. The van der Waals surface area contributed by atoms with Crippen molar-refractivity contribution >= 4 is 46.9 Å². The number of hydrogen-bond donors (Lipinski definition) is 1. The summed E-state index contributed by atoms with van der Waals surface area (Å²) in [6, 6.07) is 14.9. The lowest BCUT2D eigenvalue weighted by Gasteiger charge is -2.30. The van der Waals surface area contributed by atoms with Crippen LogP contribution >= 0.6 is 23.4 Å². The minimum Gasteiger partial charge on any atom is -0.376 e. The van der Waals surface area contributed by atoms with Gasteiger partial charge in [0.1, 0.15) is 6.54 Å². The van der Waals surface area contributed by atoms with Crippen molar-refractivity contribution in [2.24, 2.45) is 0 Å². The molecule has 0 aliphatic carbocycles. The first-order valence-corrected chi connectivity index (χ1v) is 10.7. The maximum Gasteiger partial charge on any atom is 0.265 e. The Kier molecular flexibility index (Phi) is 6.23. The summed E-state index contributed by atoms with van der Waals surface area (Å²) in [7, 11) is 0. The number of rotatable bonds is 5. The molecule has 0 saturated carbocycles. The third kappa shape index (κ3) is 4.83. The molecule has 7 heteroatoms. The maximum absolute atomic E-state index is 13.2. The van der Waals surface area contributed by atoms with Crippen molar-refractivity contribution in [1.82, 2.24) is 5.32 Å². The number of amides is 2. The molecular weight excluding hydrogens is 408 g/mol. The van der Waals surface area contributed by atoms with Gasteiger partial charge in [-0.15, -0.1) is 0 Å². The van der Waals surface area contributed by atoms with E-state index in [4.69, 9.17) is 16.3 Å². The second-order valence-electron chi connectivity index (χ2n) is 6.96. The number of carbonyl (C=O) groups excluding carboxylic acids is 2. The van der Waals surface area contributed by atoms with E-state index in [0.717, 1.165) is 35.6 Å². The summed E-state index contributed by atoms with van der Waals surface area (Å²) in [5, 5.41) is 3.54. The summed E-state index contributed by atoms with van der Waals surface area (Å²) in [6.07, 6.45) is 3.88. The predicted octanol–water partition coefficient (Wildman–Crippen LogP) is 4.12. The van der Waals surface area contributed by atoms with E-state index in [1.165, 1.54) is 11.8 Å². The van der Waals surface area contributed by atoms with Crippen LogP contribution in [0.15, 0.2) is 58.3 Å². The largest absolute Gasteiger partial charge is 0.376 e. The highest BCUT2D eigenvalue weighted by Crippen LogP contribution is 2.41. The van der Waals surface area contributed by atoms with Gasteiger partial charge in [-0.3, -0.25) is 14.5 Å². The van der Waals surface area contributed by atoms with Crippen LogP contribution in [0.25, 0.3) is 6.08 Å². The van der Waals surface area contributed by atoms with Crippen LogP contribution in [-0.2, 0) is 14.3 Å². The van der Waals surface area contributed by atoms with E-state index < -0.39 is 0 Å². The molecule has 1 atom stereocenters. The van der Waals surface area contributed by atoms with Gasteiger partial charge in [0.15, 0.2) is 0 Å². The lowest BCUT2D eigenvalue weighted by molar-refractivity contribution is -0.122. The zero-order chi connectivity index (χ0) is 20.2. The SMILES string of the molecule is O=C(CN1C(=O)/C(=C\c2ccc(Cl)cc2)Sc2ccccc21)NC[C@@H]1CCCO1. The van der Waals surface area contributed by atoms with Gasteiger partial charge < -0.3 is 10.1 Å². The number of halogens is 1. The number of benzene rings is 2. The van der Waals surface area contributed by atoms with E-state index in [0.29, 0.717) is 16.5 Å². The molecule has 29 heavy (non-hydrogen) atoms. The van der Waals surface area contributed by atoms with Crippen molar-refractivity contribution in [3.05, 3.63) is 64.0 Å². The van der Waals surface area contributed by atoms with E-state index in [-0.39, 0.29) is 24.5 Å². The Morgan fingerprint density at radius 2 is 2.03 bits per heavy atom. The monoisotopic (exact) mass is 428 g/mol. The molecule has 2 amide bonds. The highest BCUT2D eigenvalue weighted by Gasteiger charge is 2.30. The van der Waals surface area contributed by atoms with E-state index in [9.17, 15) is 9.59 Å². The molecule has 0 unspecified atom stereocenters. The quantitative estimate of drug-likeness (QED) is 0.728. The van der Waals surface area contributed by atoms with Gasteiger partial charge in [0.25, 0.3) is 5.91 Å². The predicted molar refractivity (Wildman–Crippen MR) is 116 cm³/mol. The normalized spacial score (nSPS) is 20.0. The fourth-order valence-electron chi connectivity index (χ4n) is 3.36. The van der Waals surface area contributed by atoms with E-state index in [1.807, 2.05) is 42.5 Å². The van der Waals surface area contributed by atoms with Gasteiger partial charge in [-0.1, -0.05) is 47.6 Å². The Hall–Kier alpha value is -2.28. The van der Waals surface area contributed by atoms with E-state index >= 15 is 0 Å². The summed E-state index contributed by atoms with van der Waals surface area (Å²) in [5.41, 5.74) is 1.63. The van der Waals surface area contributed by atoms with Gasteiger partial charge in [0.2, 0.25) is 5.91 Å². The van der Waals surface area contributed by atoms with E-state index in [2.05, 4.69) is 5.32 Å². The third-order valence-corrected chi connectivity index (χ3v) is 6.18. The van der Waals surface area contributed by atoms with Crippen molar-refractivity contribution in [2.75, 3.05) is 24.6 Å². The number of anilines is 1. The van der Waals surface area contributed by atoms with Crippen LogP contribution in [0.5, 0.6) is 0 Å². The summed E-state index contributed by atoms with van der Waals surface area (Å²) in [4.78, 5) is 28.7. The van der Waals surface area contributed by atoms with Crippen LogP contribution in [0.1, 0.15) is 18.4 Å². The third-order valence-electron chi connectivity index (χ3n) is 4.85. The lowest BCUT2D eigenvalue weighted by atomic mass is 10.2. The Morgan fingerprint density at radius 1 is 1.24 bits per heavy atom. The van der Waals surface area contributed by atoms with Gasteiger partial charge in [-0.05, 0) is 48.7 Å². The van der Waals surface area contributed by atoms with Crippen molar-refractivity contribution in [2.45, 2.75) is 23.8 Å². The summed E-state index contributed by atoms with van der Waals surface area (Å²) >= 11 is 7.37. The number of thioether (sulfide) groups is 1. The summed E-state index contributed by atoms with van der Waals surface area (Å²) in [5.74, 6) is -0.377. The first-order valence-electron chi connectivity index (χ1n) is 9.54. The van der Waals surface area contributed by atoms with Crippen LogP contribution in [0.4, 0.5) is 5.69 Å². The van der Waals surface area contributed by atoms with Crippen LogP contribution < -0.4 is 10.2 Å². The van der Waals surface area contributed by atoms with Crippen molar-refractivity contribution in [3.63, 3.8) is 0 Å². The Morgan fingerprint density at radius 3 is 2.79 bits per heavy atom. The fraction of sp³-hybridized carbons (Fsp3) is 0.273. The molecule has 1 N–H and O–H groups in total. The minimum absolute atomic E-state index is 0.0267. The topological polar surface area (TPSA) is 58.6 Å². The molecule has 1 saturated heterocycles. The molecule has 4 rings (SSSR count). The molecule has 0 aromatic heterocycles. The van der Waals surface area contributed by atoms with E-state index in [1.54, 1.807) is 17.0 Å². The van der Waals surface area contributed by atoms with Crippen LogP contribution in [0.3, 0.4) is 0 Å². The number of para-hydroxylation sites is 1. The lowest BCUT2D eigenvalue weighted by Crippen LogP contribution is -2.44. The van der Waals surface area contributed by atoms with Gasteiger partial charge >= 0.3 is 0 Å². The van der Waals surface area contributed by atoms with Gasteiger partial charge in [0.05, 0.1) is 16.7 Å². The van der Waals surface area contributed by atoms with Gasteiger partial charge in [-0.25, -0.2) is 0 Å². The molecule has 2 aromatic rings. The fourth-order valence-corrected chi connectivity index (χ4v) is 4.55. The molecule has 1 fully saturated rings. The number of nitrogens with one attached hydrogen (secondary N) is 1. The van der Waals surface area contributed by atoms with Crippen molar-refractivity contribution in [1.29, 1.82) is 0 Å².